The Kier molecular flexibility index (Phi) is 3.06. The highest BCUT2D eigenvalue weighted by atomic mass is 16.5. The number of allylic oxidation sites excluding steroid dienone is 3. The van der Waals surface area contributed by atoms with E-state index in [9.17, 15) is 14.7 Å². The van der Waals surface area contributed by atoms with Crippen LogP contribution in [-0.2, 0) is 14.3 Å². The fourth-order valence-electron chi connectivity index (χ4n) is 9.65. The second kappa shape index (κ2) is 4.80. The van der Waals surface area contributed by atoms with Crippen molar-refractivity contribution in [3.05, 3.63) is 24.3 Å². The molecule has 7 aliphatic rings. The third-order valence-corrected chi connectivity index (χ3v) is 10.2. The maximum absolute atomic E-state index is 14.0. The van der Waals surface area contributed by atoms with E-state index in [4.69, 9.17) is 4.74 Å². The average molecular weight is 397 g/mol. The number of hydrogen-bond acceptors (Lipinski definition) is 4. The SMILES string of the molecule is C=C1C(=O)[C@@]23[C@@H]4CC(C)(C)CC25OC[C@]2(C(=O)C=CC(C)(C)[C@H]2[C@@H]5O)[C@@H]3CC[C@@H]14. The molecule has 0 aromatic rings. The molecule has 0 aromatic heterocycles. The molecule has 4 nitrogen and oxygen atoms in total. The van der Waals surface area contributed by atoms with Gasteiger partial charge in [0.25, 0.3) is 0 Å². The summed E-state index contributed by atoms with van der Waals surface area (Å²) in [6.45, 7) is 13.3. The molecule has 4 bridgehead atoms. The summed E-state index contributed by atoms with van der Waals surface area (Å²) in [6.07, 6.45) is 6.25. The molecule has 5 aliphatic carbocycles. The quantitative estimate of drug-likeness (QED) is 0.637. The molecule has 8 atom stereocenters. The van der Waals surface area contributed by atoms with Crippen LogP contribution in [-0.4, -0.2) is 35.0 Å². The minimum absolute atomic E-state index is 0.0316. The second-order valence-electron chi connectivity index (χ2n) is 12.3. The summed E-state index contributed by atoms with van der Waals surface area (Å²) < 4.78 is 6.65. The lowest BCUT2D eigenvalue weighted by Crippen LogP contribution is -2.85. The number of fused-ring (bicyclic) bond motifs is 1. The van der Waals surface area contributed by atoms with Crippen molar-refractivity contribution < 1.29 is 19.4 Å². The predicted octanol–water partition coefficient (Wildman–Crippen LogP) is 3.49. The maximum atomic E-state index is 14.0. The summed E-state index contributed by atoms with van der Waals surface area (Å²) in [7, 11) is 0. The smallest absolute Gasteiger partial charge is 0.168 e. The molecule has 2 heterocycles. The number of ketones is 2. The van der Waals surface area contributed by atoms with Crippen LogP contribution in [0.5, 0.6) is 0 Å². The van der Waals surface area contributed by atoms with Gasteiger partial charge in [-0.15, -0.1) is 0 Å². The van der Waals surface area contributed by atoms with Crippen LogP contribution in [0.4, 0.5) is 0 Å². The van der Waals surface area contributed by atoms with Gasteiger partial charge in [-0.1, -0.05) is 40.3 Å². The molecule has 2 saturated heterocycles. The molecule has 0 aromatic carbocycles. The van der Waals surface area contributed by atoms with E-state index in [0.29, 0.717) is 13.0 Å². The van der Waals surface area contributed by atoms with Gasteiger partial charge in [0, 0.05) is 5.92 Å². The molecule has 4 heteroatoms. The van der Waals surface area contributed by atoms with E-state index in [0.717, 1.165) is 24.8 Å². The number of rotatable bonds is 0. The van der Waals surface area contributed by atoms with E-state index < -0.39 is 22.5 Å². The first-order chi connectivity index (χ1) is 13.5. The molecule has 29 heavy (non-hydrogen) atoms. The number of carbonyl (C=O) groups is 2. The lowest BCUT2D eigenvalue weighted by atomic mass is 9.30. The second-order valence-corrected chi connectivity index (χ2v) is 12.3. The summed E-state index contributed by atoms with van der Waals surface area (Å²) in [5.41, 5.74) is -2.12. The van der Waals surface area contributed by atoms with Gasteiger partial charge in [0.2, 0.25) is 0 Å². The molecule has 4 saturated carbocycles. The Morgan fingerprint density at radius 1 is 1.17 bits per heavy atom. The first kappa shape index (κ1) is 18.5. The lowest BCUT2D eigenvalue weighted by Gasteiger charge is -2.77. The normalized spacial score (nSPS) is 55.6. The molecular formula is C25H32O4. The largest absolute Gasteiger partial charge is 0.390 e. The summed E-state index contributed by atoms with van der Waals surface area (Å²) in [4.78, 5) is 27.6. The van der Waals surface area contributed by atoms with E-state index in [1.807, 2.05) is 6.08 Å². The molecule has 0 amide bonds. The number of aliphatic hydroxyl groups is 1. The first-order valence-electron chi connectivity index (χ1n) is 11.2. The Balaban J connectivity index is 1.71. The molecule has 156 valence electrons. The molecule has 3 spiro atoms. The average Bonchev–Trinajstić information content (AvgIpc) is 2.75. The van der Waals surface area contributed by atoms with Crippen molar-refractivity contribution in [2.75, 3.05) is 6.61 Å². The van der Waals surface area contributed by atoms with Crippen LogP contribution in [0, 0.1) is 45.3 Å². The van der Waals surface area contributed by atoms with Crippen molar-refractivity contribution in [1.29, 1.82) is 0 Å². The Labute approximate surface area is 172 Å². The van der Waals surface area contributed by atoms with E-state index in [1.165, 1.54) is 0 Å². The Hall–Kier alpha value is -1.26. The highest BCUT2D eigenvalue weighted by Gasteiger charge is 2.87. The summed E-state index contributed by atoms with van der Waals surface area (Å²) in [5, 5.41) is 12.0. The van der Waals surface area contributed by atoms with Crippen LogP contribution in [0.1, 0.15) is 53.4 Å². The highest BCUT2D eigenvalue weighted by Crippen LogP contribution is 2.81. The van der Waals surface area contributed by atoms with Gasteiger partial charge < -0.3 is 9.84 Å². The van der Waals surface area contributed by atoms with Crippen molar-refractivity contribution >= 4 is 11.6 Å². The van der Waals surface area contributed by atoms with Gasteiger partial charge >= 0.3 is 0 Å². The van der Waals surface area contributed by atoms with Gasteiger partial charge in [0.05, 0.1) is 23.5 Å². The van der Waals surface area contributed by atoms with Crippen molar-refractivity contribution in [1.82, 2.24) is 0 Å². The van der Waals surface area contributed by atoms with Crippen LogP contribution >= 0.6 is 0 Å². The third-order valence-electron chi connectivity index (χ3n) is 10.2. The monoisotopic (exact) mass is 396 g/mol. The molecule has 6 fully saturated rings. The zero-order valence-electron chi connectivity index (χ0n) is 18.0. The van der Waals surface area contributed by atoms with Gasteiger partial charge in [-0.05, 0) is 65.9 Å². The van der Waals surface area contributed by atoms with Crippen LogP contribution in [0.15, 0.2) is 24.3 Å². The van der Waals surface area contributed by atoms with Gasteiger partial charge in [-0.2, -0.15) is 0 Å². The number of hydrogen-bond donors (Lipinski definition) is 1. The predicted molar refractivity (Wildman–Crippen MR) is 108 cm³/mol. The van der Waals surface area contributed by atoms with E-state index >= 15 is 0 Å². The summed E-state index contributed by atoms with van der Waals surface area (Å²) >= 11 is 0. The van der Waals surface area contributed by atoms with Crippen LogP contribution in [0.2, 0.25) is 0 Å². The van der Waals surface area contributed by atoms with E-state index in [2.05, 4.69) is 34.3 Å². The van der Waals surface area contributed by atoms with Crippen molar-refractivity contribution in [2.24, 2.45) is 45.3 Å². The van der Waals surface area contributed by atoms with Crippen molar-refractivity contribution in [2.45, 2.75) is 65.1 Å². The van der Waals surface area contributed by atoms with Crippen molar-refractivity contribution in [3.63, 3.8) is 0 Å². The fraction of sp³-hybridized carbons (Fsp3) is 0.760. The van der Waals surface area contributed by atoms with E-state index in [-0.39, 0.29) is 46.1 Å². The zero-order chi connectivity index (χ0) is 20.8. The number of Topliss-reactive ketones (excluding diaryl/α,β-unsaturated/α-hetero) is 1. The van der Waals surface area contributed by atoms with Crippen molar-refractivity contribution in [3.8, 4) is 0 Å². The molecular weight excluding hydrogens is 364 g/mol. The maximum Gasteiger partial charge on any atom is 0.168 e. The molecule has 0 radical (unpaired) electrons. The highest BCUT2D eigenvalue weighted by molar-refractivity contribution is 6.07. The van der Waals surface area contributed by atoms with Crippen LogP contribution in [0.3, 0.4) is 0 Å². The zero-order valence-corrected chi connectivity index (χ0v) is 18.0. The minimum atomic E-state index is -0.908. The first-order valence-corrected chi connectivity index (χ1v) is 11.2. The number of carbonyl (C=O) groups excluding carboxylic acids is 2. The van der Waals surface area contributed by atoms with E-state index in [1.54, 1.807) is 6.08 Å². The van der Waals surface area contributed by atoms with Gasteiger partial charge in [0.15, 0.2) is 11.6 Å². The van der Waals surface area contributed by atoms with Crippen LogP contribution in [0.25, 0.3) is 0 Å². The van der Waals surface area contributed by atoms with Gasteiger partial charge in [0.1, 0.15) is 5.60 Å². The Morgan fingerprint density at radius 2 is 1.90 bits per heavy atom. The minimum Gasteiger partial charge on any atom is -0.390 e. The van der Waals surface area contributed by atoms with Gasteiger partial charge in [-0.3, -0.25) is 9.59 Å². The lowest BCUT2D eigenvalue weighted by molar-refractivity contribution is -0.380. The molecule has 7 rings (SSSR count). The third kappa shape index (κ3) is 1.61. The standard InChI is InChI=1S/C25H32O4/c1-13-14-6-7-16-23-12-29-24(20(28)18(23)22(4,5)9-8-17(23)26)11-21(2,3)10-15(14)25(16,24)19(13)27/h8-9,14-16,18,20,28H,1,6-7,10-12H2,2-5H3/t14-,15+,16-,18+,20-,23+,24?,25-/m0/s1. The Bertz CT molecular complexity index is 912. The molecule has 1 unspecified atom stereocenters. The van der Waals surface area contributed by atoms with Gasteiger partial charge in [-0.25, -0.2) is 0 Å². The topological polar surface area (TPSA) is 63.6 Å². The summed E-state index contributed by atoms with van der Waals surface area (Å²) in [6, 6.07) is 0. The molecule has 1 N–H and O–H groups in total. The fourth-order valence-corrected chi connectivity index (χ4v) is 9.65. The summed E-state index contributed by atoms with van der Waals surface area (Å²) in [5.74, 6) is 0.174. The number of ether oxygens (including phenoxy) is 1. The van der Waals surface area contributed by atoms with Crippen LogP contribution < -0.4 is 0 Å². The Morgan fingerprint density at radius 3 is 2.62 bits per heavy atom. The molecule has 2 aliphatic heterocycles. The number of aliphatic hydroxyl groups excluding tert-OH is 1.